The maximum absolute atomic E-state index is 5.24. The van der Waals surface area contributed by atoms with Gasteiger partial charge in [-0.05, 0) is 69.4 Å². The van der Waals surface area contributed by atoms with Gasteiger partial charge in [-0.1, -0.05) is 109 Å². The smallest absolute Gasteiger partial charge is 0.146 e. The molecule has 0 bridgehead atoms. The number of imidazole rings is 1. The van der Waals surface area contributed by atoms with Gasteiger partial charge in [0.2, 0.25) is 0 Å². The molecule has 0 N–H and O–H groups in total. The molecule has 0 fully saturated rings. The third kappa shape index (κ3) is 3.31. The molecule has 9 rings (SSSR count). The van der Waals surface area contributed by atoms with E-state index in [4.69, 9.17) is 4.98 Å². The molecule has 0 aliphatic carbocycles. The first kappa shape index (κ1) is 23.1. The van der Waals surface area contributed by atoms with Crippen LogP contribution in [0.3, 0.4) is 0 Å². The molecular formula is C39H25N3. The van der Waals surface area contributed by atoms with E-state index in [1.807, 2.05) is 0 Å². The van der Waals surface area contributed by atoms with E-state index in [0.29, 0.717) is 0 Å². The van der Waals surface area contributed by atoms with Crippen molar-refractivity contribution in [3.8, 4) is 0 Å². The highest BCUT2D eigenvalue weighted by Crippen LogP contribution is 2.42. The molecule has 0 aliphatic rings. The summed E-state index contributed by atoms with van der Waals surface area (Å²) < 4.78 is 2.35. The summed E-state index contributed by atoms with van der Waals surface area (Å²) in [5.74, 6) is 0. The number of aromatic nitrogens is 2. The van der Waals surface area contributed by atoms with E-state index in [0.717, 1.165) is 44.6 Å². The van der Waals surface area contributed by atoms with Crippen molar-refractivity contribution in [2.45, 2.75) is 0 Å². The first-order valence-corrected chi connectivity index (χ1v) is 14.3. The summed E-state index contributed by atoms with van der Waals surface area (Å²) in [6.45, 7) is 0. The van der Waals surface area contributed by atoms with Crippen LogP contribution in [-0.2, 0) is 0 Å². The van der Waals surface area contributed by atoms with E-state index in [1.165, 1.54) is 32.3 Å². The first-order valence-electron chi connectivity index (χ1n) is 14.3. The molecule has 3 nitrogen and oxygen atoms in total. The topological polar surface area (TPSA) is 20.5 Å². The zero-order valence-electron chi connectivity index (χ0n) is 22.8. The molecule has 0 saturated carbocycles. The van der Waals surface area contributed by atoms with Gasteiger partial charge in [0.05, 0.1) is 22.2 Å². The molecule has 196 valence electrons. The summed E-state index contributed by atoms with van der Waals surface area (Å²) in [5.41, 5.74) is 7.50. The van der Waals surface area contributed by atoms with Crippen molar-refractivity contribution in [3.05, 3.63) is 152 Å². The minimum atomic E-state index is 0.974. The summed E-state index contributed by atoms with van der Waals surface area (Å²) in [6.07, 6.45) is 0. The van der Waals surface area contributed by atoms with Crippen LogP contribution in [0.2, 0.25) is 0 Å². The molecule has 42 heavy (non-hydrogen) atoms. The average molecular weight is 536 g/mol. The molecular weight excluding hydrogens is 510 g/mol. The van der Waals surface area contributed by atoms with E-state index in [9.17, 15) is 0 Å². The van der Waals surface area contributed by atoms with Gasteiger partial charge in [-0.25, -0.2) is 4.98 Å². The summed E-state index contributed by atoms with van der Waals surface area (Å²) in [5, 5.41) is 8.60. The fourth-order valence-corrected chi connectivity index (χ4v) is 6.66. The Labute approximate surface area is 242 Å². The fourth-order valence-electron chi connectivity index (χ4n) is 6.66. The number of hydrogen-bond acceptors (Lipinski definition) is 2. The third-order valence-electron chi connectivity index (χ3n) is 8.50. The number of pyridine rings is 1. The Bertz CT molecular complexity index is 2470. The van der Waals surface area contributed by atoms with Gasteiger partial charge in [0.1, 0.15) is 5.65 Å². The Kier molecular flexibility index (Phi) is 4.90. The third-order valence-corrected chi connectivity index (χ3v) is 8.50. The molecule has 0 aliphatic heterocycles. The molecule has 0 atom stereocenters. The van der Waals surface area contributed by atoms with Crippen molar-refractivity contribution in [2.75, 3.05) is 4.90 Å². The van der Waals surface area contributed by atoms with E-state index in [2.05, 4.69) is 161 Å². The molecule has 0 unspecified atom stereocenters. The van der Waals surface area contributed by atoms with Crippen LogP contribution in [0.1, 0.15) is 0 Å². The molecule has 3 heteroatoms. The predicted octanol–water partition coefficient (Wildman–Crippen LogP) is 10.6. The second kappa shape index (κ2) is 8.92. The Morgan fingerprint density at radius 1 is 0.452 bits per heavy atom. The lowest BCUT2D eigenvalue weighted by atomic mass is 10.0. The second-order valence-corrected chi connectivity index (χ2v) is 10.8. The molecule has 7 aromatic carbocycles. The quantitative estimate of drug-likeness (QED) is 0.210. The number of anilines is 3. The predicted molar refractivity (Wildman–Crippen MR) is 177 cm³/mol. The Morgan fingerprint density at radius 3 is 2.02 bits per heavy atom. The normalized spacial score (nSPS) is 11.8. The van der Waals surface area contributed by atoms with Gasteiger partial charge in [-0.3, -0.25) is 4.40 Å². The molecule has 0 amide bonds. The van der Waals surface area contributed by atoms with Crippen molar-refractivity contribution in [2.24, 2.45) is 0 Å². The lowest BCUT2D eigenvalue weighted by molar-refractivity contribution is 1.26. The van der Waals surface area contributed by atoms with Crippen LogP contribution in [0, 0.1) is 0 Å². The molecule has 2 heterocycles. The number of rotatable bonds is 3. The first-order chi connectivity index (χ1) is 20.8. The van der Waals surface area contributed by atoms with Crippen molar-refractivity contribution in [1.82, 2.24) is 9.38 Å². The number of fused-ring (bicyclic) bond motifs is 11. The molecule has 0 saturated heterocycles. The second-order valence-electron chi connectivity index (χ2n) is 10.8. The zero-order valence-corrected chi connectivity index (χ0v) is 22.8. The Morgan fingerprint density at radius 2 is 1.14 bits per heavy atom. The van der Waals surface area contributed by atoms with E-state index in [-0.39, 0.29) is 0 Å². The van der Waals surface area contributed by atoms with Gasteiger partial charge in [0, 0.05) is 22.1 Å². The van der Waals surface area contributed by atoms with Gasteiger partial charge < -0.3 is 4.90 Å². The summed E-state index contributed by atoms with van der Waals surface area (Å²) in [7, 11) is 0. The SMILES string of the molecule is c1ccc(N(c2ccc3c(ccc4ccccc43)c2)c2cccc3nc4c5ccccc5c5ccccc5n4c23)cc1. The van der Waals surface area contributed by atoms with Crippen LogP contribution in [0.4, 0.5) is 17.1 Å². The van der Waals surface area contributed by atoms with E-state index in [1.54, 1.807) is 0 Å². The maximum Gasteiger partial charge on any atom is 0.146 e. The Balaban J connectivity index is 1.39. The number of para-hydroxylation sites is 3. The van der Waals surface area contributed by atoms with Crippen molar-refractivity contribution < 1.29 is 0 Å². The van der Waals surface area contributed by atoms with Crippen LogP contribution in [-0.4, -0.2) is 9.38 Å². The highest BCUT2D eigenvalue weighted by Gasteiger charge is 2.21. The Hall–Kier alpha value is -5.67. The minimum Gasteiger partial charge on any atom is -0.308 e. The molecule has 9 aromatic rings. The summed E-state index contributed by atoms with van der Waals surface area (Å²) >= 11 is 0. The van der Waals surface area contributed by atoms with Crippen LogP contribution in [0.25, 0.3) is 59.9 Å². The van der Waals surface area contributed by atoms with Crippen LogP contribution < -0.4 is 4.90 Å². The zero-order chi connectivity index (χ0) is 27.6. The largest absolute Gasteiger partial charge is 0.308 e. The minimum absolute atomic E-state index is 0.974. The average Bonchev–Trinajstić information content (AvgIpc) is 3.46. The number of benzene rings is 7. The molecule has 2 aromatic heterocycles. The van der Waals surface area contributed by atoms with Crippen LogP contribution >= 0.6 is 0 Å². The fraction of sp³-hybridized carbons (Fsp3) is 0. The van der Waals surface area contributed by atoms with Gasteiger partial charge >= 0.3 is 0 Å². The standard InChI is InChI=1S/C39H25N3/c1-2-12-28(13-3-1)41(29-23-24-31-27(25-29)22-21-26-11-4-5-14-30(26)31)37-20-10-18-35-38(37)42-36-19-9-8-16-33(36)32-15-6-7-17-34(32)39(42)40-35/h1-25H. The summed E-state index contributed by atoms with van der Waals surface area (Å²) in [6, 6.07) is 54.3. The van der Waals surface area contributed by atoms with Crippen molar-refractivity contribution >= 4 is 77.0 Å². The van der Waals surface area contributed by atoms with E-state index >= 15 is 0 Å². The maximum atomic E-state index is 5.24. The molecule has 0 spiro atoms. The lowest BCUT2D eigenvalue weighted by Gasteiger charge is -2.27. The number of hydrogen-bond donors (Lipinski definition) is 0. The van der Waals surface area contributed by atoms with Gasteiger partial charge in [-0.2, -0.15) is 0 Å². The molecule has 0 radical (unpaired) electrons. The van der Waals surface area contributed by atoms with Gasteiger partial charge in [-0.15, -0.1) is 0 Å². The summed E-state index contributed by atoms with van der Waals surface area (Å²) in [4.78, 5) is 7.61. The highest BCUT2D eigenvalue weighted by molar-refractivity contribution is 6.15. The highest BCUT2D eigenvalue weighted by atomic mass is 15.2. The number of nitrogens with zero attached hydrogens (tertiary/aromatic N) is 3. The van der Waals surface area contributed by atoms with Crippen LogP contribution in [0.15, 0.2) is 152 Å². The van der Waals surface area contributed by atoms with Crippen molar-refractivity contribution in [3.63, 3.8) is 0 Å². The van der Waals surface area contributed by atoms with E-state index < -0.39 is 0 Å². The van der Waals surface area contributed by atoms with Crippen LogP contribution in [0.5, 0.6) is 0 Å². The van der Waals surface area contributed by atoms with Gasteiger partial charge in [0.25, 0.3) is 0 Å². The lowest BCUT2D eigenvalue weighted by Crippen LogP contribution is -2.11. The van der Waals surface area contributed by atoms with Crippen molar-refractivity contribution in [1.29, 1.82) is 0 Å². The monoisotopic (exact) mass is 535 g/mol. The van der Waals surface area contributed by atoms with Gasteiger partial charge in [0.15, 0.2) is 0 Å².